The number of aromatic amines is 1. The molecule has 2 heterocycles. The van der Waals surface area contributed by atoms with Crippen molar-refractivity contribution in [3.8, 4) is 5.75 Å². The van der Waals surface area contributed by atoms with Crippen LogP contribution in [0.1, 0.15) is 12.6 Å². The van der Waals surface area contributed by atoms with E-state index in [2.05, 4.69) is 14.9 Å². The molecule has 0 aliphatic carbocycles. The summed E-state index contributed by atoms with van der Waals surface area (Å²) in [5, 5.41) is 0. The number of ether oxygens (including phenoxy) is 2. The van der Waals surface area contributed by atoms with Crippen molar-refractivity contribution >= 4 is 17.6 Å². The number of aromatic nitrogens is 2. The molecule has 1 aliphatic heterocycles. The number of hydrogen-bond acceptors (Lipinski definition) is 7. The molecule has 1 saturated heterocycles. The molecular weight excluding hydrogens is 348 g/mol. The van der Waals surface area contributed by atoms with Crippen LogP contribution >= 0.6 is 0 Å². The zero-order valence-electron chi connectivity index (χ0n) is 15.6. The number of hydrogen-bond donors (Lipinski definition) is 1. The fourth-order valence-electron chi connectivity index (χ4n) is 3.06. The Bertz CT molecular complexity index is 826. The van der Waals surface area contributed by atoms with Crippen molar-refractivity contribution < 1.29 is 14.3 Å². The summed E-state index contributed by atoms with van der Waals surface area (Å²) in [6.45, 7) is 5.10. The molecule has 0 bridgehead atoms. The van der Waals surface area contributed by atoms with Crippen molar-refractivity contribution in [2.45, 2.75) is 13.3 Å². The maximum Gasteiger partial charge on any atom is 0.311 e. The number of esters is 1. The Kier molecular flexibility index (Phi) is 5.95. The monoisotopic (exact) mass is 372 g/mol. The summed E-state index contributed by atoms with van der Waals surface area (Å²) in [5.74, 6) is 0.944. The predicted octanol–water partition coefficient (Wildman–Crippen LogP) is 1.21. The van der Waals surface area contributed by atoms with Gasteiger partial charge in [0.25, 0.3) is 5.56 Å². The van der Waals surface area contributed by atoms with Crippen molar-refractivity contribution in [1.82, 2.24) is 9.97 Å². The minimum Gasteiger partial charge on any atom is -0.497 e. The molecule has 2 aromatic rings. The molecule has 8 heteroatoms. The first-order valence-electron chi connectivity index (χ1n) is 8.99. The van der Waals surface area contributed by atoms with Gasteiger partial charge in [0.15, 0.2) is 0 Å². The fraction of sp³-hybridized carbons (Fsp3) is 0.421. The highest BCUT2D eigenvalue weighted by Crippen LogP contribution is 2.21. The zero-order chi connectivity index (χ0) is 19.2. The number of carbonyl (C=O) groups is 1. The summed E-state index contributed by atoms with van der Waals surface area (Å²) in [5.41, 5.74) is 1.29. The average molecular weight is 372 g/mol. The summed E-state index contributed by atoms with van der Waals surface area (Å²) in [6, 6.07) is 9.30. The topological polar surface area (TPSA) is 87.8 Å². The number of nitrogens with zero attached hydrogens (tertiary/aromatic N) is 3. The van der Waals surface area contributed by atoms with Crippen molar-refractivity contribution in [3.05, 3.63) is 46.4 Å². The van der Waals surface area contributed by atoms with Gasteiger partial charge in [0.05, 0.1) is 25.8 Å². The van der Waals surface area contributed by atoms with E-state index in [4.69, 9.17) is 9.47 Å². The quantitative estimate of drug-likeness (QED) is 0.763. The van der Waals surface area contributed by atoms with Crippen LogP contribution in [0.5, 0.6) is 5.75 Å². The Morgan fingerprint density at radius 3 is 2.44 bits per heavy atom. The molecule has 144 valence electrons. The van der Waals surface area contributed by atoms with E-state index in [1.807, 2.05) is 29.2 Å². The number of rotatable bonds is 6. The minimum absolute atomic E-state index is 0.00340. The van der Waals surface area contributed by atoms with Crippen LogP contribution in [0.15, 0.2) is 35.1 Å². The second-order valence-electron chi connectivity index (χ2n) is 6.21. The fourth-order valence-corrected chi connectivity index (χ4v) is 3.06. The summed E-state index contributed by atoms with van der Waals surface area (Å²) < 4.78 is 10.1. The largest absolute Gasteiger partial charge is 0.497 e. The molecule has 8 nitrogen and oxygen atoms in total. The van der Waals surface area contributed by atoms with E-state index >= 15 is 0 Å². The molecule has 0 unspecified atom stereocenters. The van der Waals surface area contributed by atoms with Crippen molar-refractivity contribution in [1.29, 1.82) is 0 Å². The van der Waals surface area contributed by atoms with Crippen LogP contribution in [0.3, 0.4) is 0 Å². The van der Waals surface area contributed by atoms with Gasteiger partial charge in [0.2, 0.25) is 5.95 Å². The third kappa shape index (κ3) is 4.78. The van der Waals surface area contributed by atoms with Crippen LogP contribution in [-0.2, 0) is 16.0 Å². The van der Waals surface area contributed by atoms with E-state index in [0.717, 1.165) is 37.6 Å². The third-order valence-corrected chi connectivity index (χ3v) is 4.43. The Morgan fingerprint density at radius 1 is 1.15 bits per heavy atom. The molecule has 27 heavy (non-hydrogen) atoms. The maximum absolute atomic E-state index is 11.9. The minimum atomic E-state index is -0.383. The van der Waals surface area contributed by atoms with Gasteiger partial charge in [-0.2, -0.15) is 0 Å². The predicted molar refractivity (Wildman–Crippen MR) is 103 cm³/mol. The molecule has 0 atom stereocenters. The number of piperazine rings is 1. The molecular formula is C19H24N4O4. The molecule has 3 rings (SSSR count). The molecule has 0 amide bonds. The number of carbonyl (C=O) groups excluding carboxylic acids is 1. The molecule has 1 aliphatic rings. The van der Waals surface area contributed by atoms with Gasteiger partial charge in [-0.25, -0.2) is 4.98 Å². The van der Waals surface area contributed by atoms with E-state index < -0.39 is 0 Å². The first-order chi connectivity index (χ1) is 13.1. The molecule has 0 radical (unpaired) electrons. The molecule has 1 fully saturated rings. The Hall–Kier alpha value is -3.03. The van der Waals surface area contributed by atoms with Gasteiger partial charge in [-0.3, -0.25) is 14.6 Å². The normalized spacial score (nSPS) is 14.1. The summed E-state index contributed by atoms with van der Waals surface area (Å²) in [7, 11) is 1.65. The van der Waals surface area contributed by atoms with Crippen molar-refractivity contribution in [3.63, 3.8) is 0 Å². The van der Waals surface area contributed by atoms with Crippen LogP contribution < -0.4 is 20.1 Å². The van der Waals surface area contributed by atoms with Gasteiger partial charge >= 0.3 is 5.97 Å². The lowest BCUT2D eigenvalue weighted by atomic mass is 10.2. The molecule has 1 aromatic carbocycles. The van der Waals surface area contributed by atoms with Crippen molar-refractivity contribution in [2.75, 3.05) is 49.7 Å². The number of H-pyrrole nitrogens is 1. The highest BCUT2D eigenvalue weighted by molar-refractivity contribution is 5.72. The van der Waals surface area contributed by atoms with Gasteiger partial charge in [-0.15, -0.1) is 0 Å². The molecule has 0 saturated carbocycles. The highest BCUT2D eigenvalue weighted by atomic mass is 16.5. The van der Waals surface area contributed by atoms with Crippen LogP contribution in [0.4, 0.5) is 11.6 Å². The van der Waals surface area contributed by atoms with Crippen molar-refractivity contribution in [2.24, 2.45) is 0 Å². The van der Waals surface area contributed by atoms with Gasteiger partial charge < -0.3 is 19.3 Å². The van der Waals surface area contributed by atoms with Crippen LogP contribution in [-0.4, -0.2) is 55.8 Å². The third-order valence-electron chi connectivity index (χ3n) is 4.43. The van der Waals surface area contributed by atoms with Crippen LogP contribution in [0.2, 0.25) is 0 Å². The van der Waals surface area contributed by atoms with E-state index in [-0.39, 0.29) is 17.9 Å². The molecule has 0 spiro atoms. The average Bonchev–Trinajstić information content (AvgIpc) is 2.68. The summed E-state index contributed by atoms with van der Waals surface area (Å²) in [4.78, 5) is 35.1. The lowest BCUT2D eigenvalue weighted by molar-refractivity contribution is -0.142. The van der Waals surface area contributed by atoms with E-state index in [9.17, 15) is 9.59 Å². The first kappa shape index (κ1) is 18.8. The van der Waals surface area contributed by atoms with Gasteiger partial charge in [0.1, 0.15) is 5.75 Å². The first-order valence-corrected chi connectivity index (χ1v) is 8.99. The number of nitrogens with one attached hydrogen (secondary N) is 1. The van der Waals surface area contributed by atoms with Crippen LogP contribution in [0.25, 0.3) is 0 Å². The zero-order valence-corrected chi connectivity index (χ0v) is 15.6. The standard InChI is InChI=1S/C19H24N4O4/c1-3-27-18(25)13-14-12-17(24)21-19(20-14)23-10-8-22(9-11-23)15-4-6-16(26-2)7-5-15/h4-7,12H,3,8-11,13H2,1-2H3,(H,20,21,24). The van der Waals surface area contributed by atoms with Gasteiger partial charge in [-0.05, 0) is 31.2 Å². The Balaban J connectivity index is 1.65. The van der Waals surface area contributed by atoms with Gasteiger partial charge in [-0.1, -0.05) is 0 Å². The lowest BCUT2D eigenvalue weighted by Gasteiger charge is -2.36. The highest BCUT2D eigenvalue weighted by Gasteiger charge is 2.20. The second-order valence-corrected chi connectivity index (χ2v) is 6.21. The summed E-state index contributed by atoms with van der Waals surface area (Å²) >= 11 is 0. The number of anilines is 2. The van der Waals surface area contributed by atoms with E-state index in [1.54, 1.807) is 14.0 Å². The number of benzene rings is 1. The van der Waals surface area contributed by atoms with E-state index in [1.165, 1.54) is 6.07 Å². The molecule has 1 N–H and O–H groups in total. The Labute approximate surface area is 157 Å². The van der Waals surface area contributed by atoms with Gasteiger partial charge in [0, 0.05) is 37.9 Å². The number of methoxy groups -OCH3 is 1. The van der Waals surface area contributed by atoms with Crippen LogP contribution in [0, 0.1) is 0 Å². The smallest absolute Gasteiger partial charge is 0.311 e. The second kappa shape index (κ2) is 8.57. The SMILES string of the molecule is CCOC(=O)Cc1cc(=O)[nH]c(N2CCN(c3ccc(OC)cc3)CC2)n1. The maximum atomic E-state index is 11.9. The lowest BCUT2D eigenvalue weighted by Crippen LogP contribution is -2.47. The Morgan fingerprint density at radius 2 is 1.81 bits per heavy atom. The summed E-state index contributed by atoms with van der Waals surface area (Å²) in [6.07, 6.45) is -0.00340. The molecule has 1 aromatic heterocycles. The van der Waals surface area contributed by atoms with E-state index in [0.29, 0.717) is 18.2 Å².